The average molecular weight is 401 g/mol. The van der Waals surface area contributed by atoms with E-state index in [9.17, 15) is 4.79 Å². The highest BCUT2D eigenvalue weighted by atomic mass is 16.5. The first-order chi connectivity index (χ1) is 14.4. The van der Waals surface area contributed by atoms with E-state index < -0.39 is 6.04 Å². The van der Waals surface area contributed by atoms with E-state index in [1.165, 1.54) is 0 Å². The molecule has 1 unspecified atom stereocenters. The van der Waals surface area contributed by atoms with Crippen molar-refractivity contribution >= 4 is 16.8 Å². The molecule has 1 amide bonds. The Bertz CT molecular complexity index is 1200. The lowest BCUT2D eigenvalue weighted by molar-refractivity contribution is 0.0913. The van der Waals surface area contributed by atoms with Gasteiger partial charge in [0.15, 0.2) is 0 Å². The van der Waals surface area contributed by atoms with Gasteiger partial charge in [-0.25, -0.2) is 0 Å². The Morgan fingerprint density at radius 3 is 2.53 bits per heavy atom. The van der Waals surface area contributed by atoms with Crippen molar-refractivity contribution in [1.29, 1.82) is 0 Å². The molecule has 0 saturated carbocycles. The molecule has 3 heterocycles. The number of aromatic nitrogens is 4. The molecule has 30 heavy (non-hydrogen) atoms. The molecule has 0 saturated heterocycles. The summed E-state index contributed by atoms with van der Waals surface area (Å²) in [5, 5.41) is 8.04. The molecule has 0 aliphatic rings. The Morgan fingerprint density at radius 2 is 1.80 bits per heavy atom. The first-order valence-electron chi connectivity index (χ1n) is 9.85. The molecule has 152 valence electrons. The average Bonchev–Trinajstić information content (AvgIpc) is 3.22. The van der Waals surface area contributed by atoms with Gasteiger partial charge in [0.1, 0.15) is 6.04 Å². The Labute approximate surface area is 174 Å². The minimum Gasteiger partial charge on any atom is -0.340 e. The Balaban J connectivity index is 1.62. The summed E-state index contributed by atoms with van der Waals surface area (Å²) in [5.74, 6) is 0.667. The second-order valence-corrected chi connectivity index (χ2v) is 7.70. The van der Waals surface area contributed by atoms with Gasteiger partial charge in [-0.2, -0.15) is 4.98 Å². The smallest absolute Gasteiger partial charge is 0.253 e. The lowest BCUT2D eigenvalue weighted by Gasteiger charge is -2.19. The molecule has 4 aromatic rings. The van der Waals surface area contributed by atoms with Crippen LogP contribution in [0, 0.1) is 19.8 Å². The zero-order valence-corrected chi connectivity index (χ0v) is 17.4. The molecule has 1 atom stereocenters. The number of pyridine rings is 2. The minimum atomic E-state index is -0.423. The molecule has 3 aromatic heterocycles. The number of hydrogen-bond acceptors (Lipinski definition) is 6. The highest BCUT2D eigenvalue weighted by Crippen LogP contribution is 2.25. The van der Waals surface area contributed by atoms with Crippen LogP contribution in [0.4, 0.5) is 0 Å². The van der Waals surface area contributed by atoms with Crippen molar-refractivity contribution in [3.05, 3.63) is 71.5 Å². The van der Waals surface area contributed by atoms with Crippen LogP contribution in [-0.4, -0.2) is 26.0 Å². The quantitative estimate of drug-likeness (QED) is 0.532. The molecular formula is C23H23N5O2. The van der Waals surface area contributed by atoms with Crippen molar-refractivity contribution in [3.63, 3.8) is 0 Å². The van der Waals surface area contributed by atoms with Gasteiger partial charge >= 0.3 is 0 Å². The standard InChI is InChI=1S/C23H23N5O2/c1-13(2)20(23-27-21(28-30-23)16-7-9-24-10-8-16)26-22(29)18-12-17-11-14(3)5-6-19(17)25-15(18)4/h5-13,20H,1-4H3,(H,26,29). The lowest BCUT2D eigenvalue weighted by Crippen LogP contribution is -2.32. The van der Waals surface area contributed by atoms with Crippen LogP contribution in [0.5, 0.6) is 0 Å². The van der Waals surface area contributed by atoms with Crippen LogP contribution in [0.15, 0.2) is 53.3 Å². The van der Waals surface area contributed by atoms with E-state index in [1.807, 2.05) is 64.1 Å². The number of hydrogen-bond donors (Lipinski definition) is 1. The molecule has 1 N–H and O–H groups in total. The second kappa shape index (κ2) is 8.02. The zero-order valence-electron chi connectivity index (χ0n) is 17.4. The first-order valence-corrected chi connectivity index (χ1v) is 9.85. The normalized spacial score (nSPS) is 12.3. The van der Waals surface area contributed by atoms with Crippen LogP contribution < -0.4 is 5.32 Å². The highest BCUT2D eigenvalue weighted by molar-refractivity contribution is 5.98. The molecule has 0 spiro atoms. The fraction of sp³-hybridized carbons (Fsp3) is 0.261. The summed E-state index contributed by atoms with van der Waals surface area (Å²) in [7, 11) is 0. The Hall–Kier alpha value is -3.61. The van der Waals surface area contributed by atoms with E-state index in [0.29, 0.717) is 23.0 Å². The number of rotatable bonds is 5. The van der Waals surface area contributed by atoms with Crippen molar-refractivity contribution in [2.45, 2.75) is 33.7 Å². The lowest BCUT2D eigenvalue weighted by atomic mass is 10.0. The van der Waals surface area contributed by atoms with Gasteiger partial charge in [0.25, 0.3) is 5.91 Å². The van der Waals surface area contributed by atoms with Crippen molar-refractivity contribution in [3.8, 4) is 11.4 Å². The molecule has 0 aliphatic heterocycles. The molecule has 7 heteroatoms. The Morgan fingerprint density at radius 1 is 1.03 bits per heavy atom. The maximum Gasteiger partial charge on any atom is 0.253 e. The van der Waals surface area contributed by atoms with E-state index in [0.717, 1.165) is 22.0 Å². The number of benzene rings is 1. The number of aryl methyl sites for hydroxylation is 2. The van der Waals surface area contributed by atoms with E-state index in [1.54, 1.807) is 12.4 Å². The van der Waals surface area contributed by atoms with Crippen molar-refractivity contribution < 1.29 is 9.32 Å². The van der Waals surface area contributed by atoms with Crippen LogP contribution in [0.2, 0.25) is 0 Å². The van der Waals surface area contributed by atoms with Gasteiger partial charge in [0.05, 0.1) is 16.8 Å². The molecule has 4 rings (SSSR count). The minimum absolute atomic E-state index is 0.0515. The summed E-state index contributed by atoms with van der Waals surface area (Å²) < 4.78 is 5.48. The third-order valence-electron chi connectivity index (χ3n) is 5.01. The van der Waals surface area contributed by atoms with E-state index in [-0.39, 0.29) is 11.8 Å². The first kappa shape index (κ1) is 19.7. The van der Waals surface area contributed by atoms with Crippen LogP contribution in [0.1, 0.15) is 47.4 Å². The number of carbonyl (C=O) groups excluding carboxylic acids is 1. The fourth-order valence-electron chi connectivity index (χ4n) is 3.33. The van der Waals surface area contributed by atoms with E-state index in [4.69, 9.17) is 4.52 Å². The predicted molar refractivity (Wildman–Crippen MR) is 114 cm³/mol. The highest BCUT2D eigenvalue weighted by Gasteiger charge is 2.26. The van der Waals surface area contributed by atoms with Crippen LogP contribution >= 0.6 is 0 Å². The van der Waals surface area contributed by atoms with E-state index in [2.05, 4.69) is 25.4 Å². The van der Waals surface area contributed by atoms with Gasteiger partial charge in [-0.1, -0.05) is 30.6 Å². The largest absolute Gasteiger partial charge is 0.340 e. The number of carbonyl (C=O) groups is 1. The summed E-state index contributed by atoms with van der Waals surface area (Å²) in [4.78, 5) is 26.2. The number of nitrogens with one attached hydrogen (secondary N) is 1. The van der Waals surface area contributed by atoms with Gasteiger partial charge in [-0.3, -0.25) is 14.8 Å². The van der Waals surface area contributed by atoms with Crippen LogP contribution in [0.3, 0.4) is 0 Å². The number of nitrogens with zero attached hydrogens (tertiary/aromatic N) is 4. The maximum absolute atomic E-state index is 13.1. The SMILES string of the molecule is Cc1ccc2nc(C)c(C(=O)NC(c3nc(-c4ccncc4)no3)C(C)C)cc2c1. The van der Waals surface area contributed by atoms with Crippen LogP contribution in [-0.2, 0) is 0 Å². The summed E-state index contributed by atoms with van der Waals surface area (Å²) >= 11 is 0. The summed E-state index contributed by atoms with van der Waals surface area (Å²) in [6, 6.07) is 11.1. The molecule has 0 aliphatic carbocycles. The van der Waals surface area contributed by atoms with Gasteiger partial charge in [0.2, 0.25) is 11.7 Å². The van der Waals surface area contributed by atoms with Gasteiger partial charge < -0.3 is 9.84 Å². The molecular weight excluding hydrogens is 378 g/mol. The molecule has 0 fully saturated rings. The van der Waals surface area contributed by atoms with Crippen molar-refractivity contribution in [1.82, 2.24) is 25.4 Å². The van der Waals surface area contributed by atoms with Crippen molar-refractivity contribution in [2.75, 3.05) is 0 Å². The third-order valence-corrected chi connectivity index (χ3v) is 5.01. The Kier molecular flexibility index (Phi) is 5.27. The maximum atomic E-state index is 13.1. The summed E-state index contributed by atoms with van der Waals surface area (Å²) in [6.45, 7) is 7.85. The second-order valence-electron chi connectivity index (χ2n) is 7.70. The van der Waals surface area contributed by atoms with E-state index >= 15 is 0 Å². The van der Waals surface area contributed by atoms with Gasteiger partial charge in [-0.05, 0) is 50.1 Å². The third kappa shape index (κ3) is 3.91. The van der Waals surface area contributed by atoms with Crippen LogP contribution in [0.25, 0.3) is 22.3 Å². The molecule has 7 nitrogen and oxygen atoms in total. The van der Waals surface area contributed by atoms with Gasteiger partial charge in [0, 0.05) is 23.3 Å². The predicted octanol–water partition coefficient (Wildman–Crippen LogP) is 4.42. The monoisotopic (exact) mass is 401 g/mol. The molecule has 0 bridgehead atoms. The van der Waals surface area contributed by atoms with Gasteiger partial charge in [-0.15, -0.1) is 0 Å². The number of amides is 1. The topological polar surface area (TPSA) is 93.8 Å². The van der Waals surface area contributed by atoms with Crippen molar-refractivity contribution in [2.24, 2.45) is 5.92 Å². The fourth-order valence-corrected chi connectivity index (χ4v) is 3.33. The summed E-state index contributed by atoms with van der Waals surface area (Å²) in [6.07, 6.45) is 3.34. The summed E-state index contributed by atoms with van der Waals surface area (Å²) in [5.41, 5.74) is 4.00. The number of fused-ring (bicyclic) bond motifs is 1. The molecule has 0 radical (unpaired) electrons. The molecule has 1 aromatic carbocycles. The zero-order chi connectivity index (χ0) is 21.3.